The molecule has 7 nitrogen and oxygen atoms in total. The molecule has 0 unspecified atom stereocenters. The summed E-state index contributed by atoms with van der Waals surface area (Å²) in [7, 11) is -3.39. The highest BCUT2D eigenvalue weighted by atomic mass is 32.2. The number of pyridine rings is 1. The molecule has 0 radical (unpaired) electrons. The molecular formula is C19H20N4O3S. The minimum Gasteiger partial charge on any atom is -0.361 e. The van der Waals surface area contributed by atoms with E-state index in [2.05, 4.69) is 9.97 Å². The SMILES string of the molecule is CS(=O)(=O)N(Cc1cccnc1)C1CN(C(=O)c2ccc3[nH]ccc3c2)C1. The van der Waals surface area contributed by atoms with E-state index in [1.165, 1.54) is 10.6 Å². The van der Waals surface area contributed by atoms with Crippen molar-refractivity contribution >= 4 is 26.8 Å². The van der Waals surface area contributed by atoms with Gasteiger partial charge in [-0.25, -0.2) is 8.42 Å². The summed E-state index contributed by atoms with van der Waals surface area (Å²) in [5.74, 6) is -0.0795. The van der Waals surface area contributed by atoms with Crippen LogP contribution in [-0.2, 0) is 16.6 Å². The fraction of sp³-hybridized carbons (Fsp3) is 0.263. The summed E-state index contributed by atoms with van der Waals surface area (Å²) in [5, 5.41) is 0.979. The number of amides is 1. The van der Waals surface area contributed by atoms with Crippen molar-refractivity contribution in [3.8, 4) is 0 Å². The third-order valence-corrected chi connectivity index (χ3v) is 6.12. The number of likely N-dealkylation sites (tertiary alicyclic amines) is 1. The Labute approximate surface area is 157 Å². The first-order chi connectivity index (χ1) is 12.9. The lowest BCUT2D eigenvalue weighted by atomic mass is 10.1. The van der Waals surface area contributed by atoms with Gasteiger partial charge in [0, 0.05) is 54.7 Å². The molecule has 0 spiro atoms. The van der Waals surface area contributed by atoms with Crippen molar-refractivity contribution in [1.82, 2.24) is 19.2 Å². The number of hydrogen-bond donors (Lipinski definition) is 1. The smallest absolute Gasteiger partial charge is 0.253 e. The van der Waals surface area contributed by atoms with Gasteiger partial charge < -0.3 is 9.88 Å². The molecule has 0 atom stereocenters. The van der Waals surface area contributed by atoms with Gasteiger partial charge in [-0.05, 0) is 35.9 Å². The van der Waals surface area contributed by atoms with Gasteiger partial charge in [0.1, 0.15) is 0 Å². The van der Waals surface area contributed by atoms with E-state index in [-0.39, 0.29) is 18.5 Å². The lowest BCUT2D eigenvalue weighted by molar-refractivity contribution is 0.0444. The number of fused-ring (bicyclic) bond motifs is 1. The van der Waals surface area contributed by atoms with E-state index in [0.29, 0.717) is 18.7 Å². The predicted octanol–water partition coefficient (Wildman–Crippen LogP) is 1.85. The Bertz CT molecular complexity index is 1070. The van der Waals surface area contributed by atoms with Gasteiger partial charge in [0.05, 0.1) is 12.3 Å². The molecule has 1 fully saturated rings. The topological polar surface area (TPSA) is 86.4 Å². The predicted molar refractivity (Wildman–Crippen MR) is 103 cm³/mol. The maximum atomic E-state index is 12.7. The van der Waals surface area contributed by atoms with Crippen LogP contribution in [-0.4, -0.2) is 58.9 Å². The zero-order chi connectivity index (χ0) is 19.0. The first-order valence-corrected chi connectivity index (χ1v) is 10.5. The maximum absolute atomic E-state index is 12.7. The van der Waals surface area contributed by atoms with Crippen molar-refractivity contribution in [1.29, 1.82) is 0 Å². The zero-order valence-electron chi connectivity index (χ0n) is 14.9. The molecular weight excluding hydrogens is 364 g/mol. The molecule has 2 aromatic heterocycles. The van der Waals surface area contributed by atoms with E-state index >= 15 is 0 Å². The average Bonchev–Trinajstić information content (AvgIpc) is 3.07. The molecule has 3 aromatic rings. The average molecular weight is 384 g/mol. The molecule has 1 saturated heterocycles. The van der Waals surface area contributed by atoms with Crippen LogP contribution < -0.4 is 0 Å². The number of carbonyl (C=O) groups excluding carboxylic acids is 1. The van der Waals surface area contributed by atoms with Gasteiger partial charge in [-0.3, -0.25) is 9.78 Å². The second-order valence-electron chi connectivity index (χ2n) is 6.81. The molecule has 4 rings (SSSR count). The monoisotopic (exact) mass is 384 g/mol. The number of nitrogens with zero attached hydrogens (tertiary/aromatic N) is 3. The highest BCUT2D eigenvalue weighted by Crippen LogP contribution is 2.23. The summed E-state index contributed by atoms with van der Waals surface area (Å²) in [6.45, 7) is 1.03. The normalized spacial score (nSPS) is 15.3. The maximum Gasteiger partial charge on any atom is 0.253 e. The number of rotatable bonds is 5. The minimum atomic E-state index is -3.39. The second kappa shape index (κ2) is 6.79. The van der Waals surface area contributed by atoms with Crippen LogP contribution >= 0.6 is 0 Å². The largest absolute Gasteiger partial charge is 0.361 e. The van der Waals surface area contributed by atoms with Gasteiger partial charge in [-0.15, -0.1) is 0 Å². The van der Waals surface area contributed by atoms with Crippen LogP contribution in [0.2, 0.25) is 0 Å². The summed E-state index contributed by atoms with van der Waals surface area (Å²) in [6.07, 6.45) is 6.35. The summed E-state index contributed by atoms with van der Waals surface area (Å²) in [4.78, 5) is 21.5. The number of sulfonamides is 1. The number of nitrogens with one attached hydrogen (secondary N) is 1. The highest BCUT2D eigenvalue weighted by Gasteiger charge is 2.39. The molecule has 1 amide bonds. The minimum absolute atomic E-state index is 0.0795. The Morgan fingerprint density at radius 2 is 2.11 bits per heavy atom. The van der Waals surface area contributed by atoms with Gasteiger partial charge in [0.2, 0.25) is 10.0 Å². The summed E-state index contributed by atoms with van der Waals surface area (Å²) >= 11 is 0. The number of aromatic amines is 1. The molecule has 1 N–H and O–H groups in total. The number of hydrogen-bond acceptors (Lipinski definition) is 4. The molecule has 0 saturated carbocycles. The third kappa shape index (κ3) is 3.58. The van der Waals surface area contributed by atoms with Crippen LogP contribution in [0.3, 0.4) is 0 Å². The van der Waals surface area contributed by atoms with Crippen LogP contribution in [0.1, 0.15) is 15.9 Å². The second-order valence-corrected chi connectivity index (χ2v) is 8.75. The number of H-pyrrole nitrogens is 1. The van der Waals surface area contributed by atoms with Crippen LogP contribution in [0.15, 0.2) is 55.0 Å². The summed E-state index contributed by atoms with van der Waals surface area (Å²) in [6, 6.07) is 10.8. The lowest BCUT2D eigenvalue weighted by Crippen LogP contribution is -2.61. The Balaban J connectivity index is 1.46. The quantitative estimate of drug-likeness (QED) is 0.727. The van der Waals surface area contributed by atoms with E-state index in [4.69, 9.17) is 0 Å². The van der Waals surface area contributed by atoms with Crippen LogP contribution in [0, 0.1) is 0 Å². The van der Waals surface area contributed by atoms with Crippen molar-refractivity contribution in [3.05, 3.63) is 66.1 Å². The Morgan fingerprint density at radius 1 is 1.30 bits per heavy atom. The number of benzene rings is 1. The van der Waals surface area contributed by atoms with Crippen molar-refractivity contribution in [2.45, 2.75) is 12.6 Å². The van der Waals surface area contributed by atoms with E-state index in [9.17, 15) is 13.2 Å². The Morgan fingerprint density at radius 3 is 2.81 bits per heavy atom. The van der Waals surface area contributed by atoms with Crippen LogP contribution in [0.4, 0.5) is 0 Å². The van der Waals surface area contributed by atoms with E-state index in [1.807, 2.05) is 30.5 Å². The highest BCUT2D eigenvalue weighted by molar-refractivity contribution is 7.88. The van der Waals surface area contributed by atoms with Crippen molar-refractivity contribution in [2.75, 3.05) is 19.3 Å². The molecule has 1 aromatic carbocycles. The van der Waals surface area contributed by atoms with Crippen LogP contribution in [0.5, 0.6) is 0 Å². The zero-order valence-corrected chi connectivity index (χ0v) is 15.7. The molecule has 27 heavy (non-hydrogen) atoms. The van der Waals surface area contributed by atoms with Crippen molar-refractivity contribution in [3.63, 3.8) is 0 Å². The fourth-order valence-corrected chi connectivity index (χ4v) is 4.42. The molecule has 140 valence electrons. The standard InChI is InChI=1S/C19H20N4O3S/c1-27(25,26)23(11-14-3-2-7-20-10-14)17-12-22(13-17)19(24)16-4-5-18-15(9-16)6-8-21-18/h2-10,17,21H,11-13H2,1H3. The first kappa shape index (κ1) is 17.7. The third-order valence-electron chi connectivity index (χ3n) is 4.84. The summed E-state index contributed by atoms with van der Waals surface area (Å²) < 4.78 is 25.9. The lowest BCUT2D eigenvalue weighted by Gasteiger charge is -2.44. The molecule has 1 aliphatic rings. The van der Waals surface area contributed by atoms with Gasteiger partial charge >= 0.3 is 0 Å². The molecule has 3 heterocycles. The number of carbonyl (C=O) groups is 1. The van der Waals surface area contributed by atoms with Gasteiger partial charge in [0.25, 0.3) is 5.91 Å². The molecule has 8 heteroatoms. The Hall–Kier alpha value is -2.71. The van der Waals surface area contributed by atoms with Gasteiger partial charge in [-0.1, -0.05) is 6.07 Å². The molecule has 0 aliphatic carbocycles. The first-order valence-electron chi connectivity index (χ1n) is 8.64. The van der Waals surface area contributed by atoms with E-state index in [0.717, 1.165) is 16.5 Å². The van der Waals surface area contributed by atoms with Crippen molar-refractivity contribution in [2.24, 2.45) is 0 Å². The Kier molecular flexibility index (Phi) is 4.45. The van der Waals surface area contributed by atoms with Gasteiger partial charge in [0.15, 0.2) is 0 Å². The van der Waals surface area contributed by atoms with E-state index in [1.54, 1.807) is 29.4 Å². The van der Waals surface area contributed by atoms with E-state index < -0.39 is 10.0 Å². The molecule has 0 bridgehead atoms. The summed E-state index contributed by atoms with van der Waals surface area (Å²) in [5.41, 5.74) is 2.41. The fourth-order valence-electron chi connectivity index (χ4n) is 3.36. The van der Waals surface area contributed by atoms with Crippen molar-refractivity contribution < 1.29 is 13.2 Å². The van der Waals surface area contributed by atoms with Crippen LogP contribution in [0.25, 0.3) is 10.9 Å². The molecule has 1 aliphatic heterocycles. The number of aromatic nitrogens is 2. The van der Waals surface area contributed by atoms with Gasteiger partial charge in [-0.2, -0.15) is 4.31 Å².